The van der Waals surface area contributed by atoms with Crippen LogP contribution in [0.15, 0.2) is 211 Å². The first-order valence-electron chi connectivity index (χ1n) is 24.5. The predicted octanol–water partition coefficient (Wildman–Crippen LogP) is 17.8. The number of aromatic amines is 1. The third-order valence-corrected chi connectivity index (χ3v) is 14.3. The Morgan fingerprint density at radius 2 is 0.971 bits per heavy atom. The van der Waals surface area contributed by atoms with Crippen molar-refractivity contribution in [2.24, 2.45) is 0 Å². The number of nitrogens with zero attached hydrogens (tertiary/aromatic N) is 4. The number of nitrogens with one attached hydrogen (secondary N) is 1. The van der Waals surface area contributed by atoms with Crippen molar-refractivity contribution in [3.63, 3.8) is 0 Å². The van der Waals surface area contributed by atoms with Crippen molar-refractivity contribution in [2.75, 3.05) is 9.80 Å². The third-order valence-electron chi connectivity index (χ3n) is 14.3. The minimum atomic E-state index is -0.0133. The first-order valence-corrected chi connectivity index (χ1v) is 24.5. The number of para-hydroxylation sites is 2. The summed E-state index contributed by atoms with van der Waals surface area (Å²) < 4.78 is 6.53. The van der Waals surface area contributed by atoms with E-state index in [1.807, 2.05) is 0 Å². The van der Waals surface area contributed by atoms with E-state index in [-0.39, 0.29) is 5.41 Å². The van der Waals surface area contributed by atoms with E-state index in [1.165, 1.54) is 58.7 Å². The standard InChI is InChI=1S/C63H53N5O/c1-3-5-38-63(39-6-4-2)56-26-16-15-25-52(56)53-35-30-45(40-57(53)63)62-66-65-61(69-62)44-28-31-48(32-29-44)67(46-20-9-7-10-21-46)49-33-36-58-54(41-49)55-42-50(34-37-59(55)64-58)68(47-22-11-8-12-23-47)60-27-17-19-43-18-13-14-24-51(43)60/h7-37,40-42,64H,3-6,38-39H2,1-2H3. The summed E-state index contributed by atoms with van der Waals surface area (Å²) >= 11 is 0. The topological polar surface area (TPSA) is 61.2 Å². The number of aromatic nitrogens is 3. The number of rotatable bonds is 14. The fourth-order valence-electron chi connectivity index (χ4n) is 11.0. The van der Waals surface area contributed by atoms with Crippen molar-refractivity contribution in [1.29, 1.82) is 0 Å². The molecule has 9 aromatic carbocycles. The number of unbranched alkanes of at least 4 members (excludes halogenated alkanes) is 2. The van der Waals surface area contributed by atoms with Crippen LogP contribution in [-0.4, -0.2) is 15.2 Å². The first-order chi connectivity index (χ1) is 34.1. The Kier molecular flexibility index (Phi) is 10.9. The van der Waals surface area contributed by atoms with Crippen LogP contribution in [0.3, 0.4) is 0 Å². The molecule has 1 aliphatic carbocycles. The Labute approximate surface area is 403 Å². The molecule has 336 valence electrons. The molecule has 1 N–H and O–H groups in total. The summed E-state index contributed by atoms with van der Waals surface area (Å²) in [5.74, 6) is 1.04. The van der Waals surface area contributed by atoms with Crippen molar-refractivity contribution in [3.05, 3.63) is 217 Å². The third kappa shape index (κ3) is 7.44. The summed E-state index contributed by atoms with van der Waals surface area (Å²) in [6.45, 7) is 4.59. The van der Waals surface area contributed by atoms with E-state index in [0.29, 0.717) is 11.8 Å². The van der Waals surface area contributed by atoms with E-state index in [1.54, 1.807) is 0 Å². The summed E-state index contributed by atoms with van der Waals surface area (Å²) in [4.78, 5) is 8.39. The van der Waals surface area contributed by atoms with Gasteiger partial charge in [0.1, 0.15) is 0 Å². The van der Waals surface area contributed by atoms with Gasteiger partial charge in [-0.25, -0.2) is 0 Å². The lowest BCUT2D eigenvalue weighted by molar-refractivity contribution is 0.414. The van der Waals surface area contributed by atoms with Gasteiger partial charge in [0, 0.05) is 72.2 Å². The van der Waals surface area contributed by atoms with E-state index < -0.39 is 0 Å². The second-order valence-corrected chi connectivity index (χ2v) is 18.5. The minimum absolute atomic E-state index is 0.0133. The lowest BCUT2D eigenvalue weighted by atomic mass is 9.70. The van der Waals surface area contributed by atoms with Gasteiger partial charge in [0.15, 0.2) is 0 Å². The Bertz CT molecular complexity index is 3600. The zero-order valence-electron chi connectivity index (χ0n) is 39.1. The average molecular weight is 896 g/mol. The van der Waals surface area contributed by atoms with Crippen LogP contribution >= 0.6 is 0 Å². The second kappa shape index (κ2) is 17.8. The Hall–Kier alpha value is -8.22. The number of H-pyrrole nitrogens is 1. The van der Waals surface area contributed by atoms with E-state index >= 15 is 0 Å². The number of benzene rings is 9. The maximum absolute atomic E-state index is 6.53. The van der Waals surface area contributed by atoms with Crippen molar-refractivity contribution in [2.45, 2.75) is 57.8 Å². The van der Waals surface area contributed by atoms with Gasteiger partial charge in [-0.15, -0.1) is 10.2 Å². The van der Waals surface area contributed by atoms with Gasteiger partial charge in [0.05, 0.1) is 5.69 Å². The minimum Gasteiger partial charge on any atom is -0.416 e. The molecule has 0 atom stereocenters. The molecule has 0 radical (unpaired) electrons. The molecule has 69 heavy (non-hydrogen) atoms. The zero-order valence-corrected chi connectivity index (χ0v) is 39.1. The second-order valence-electron chi connectivity index (χ2n) is 18.5. The predicted molar refractivity (Wildman–Crippen MR) is 287 cm³/mol. The zero-order chi connectivity index (χ0) is 46.3. The molecule has 0 saturated carbocycles. The van der Waals surface area contributed by atoms with E-state index in [4.69, 9.17) is 4.42 Å². The molecule has 6 nitrogen and oxygen atoms in total. The summed E-state index contributed by atoms with van der Waals surface area (Å²) in [6, 6.07) is 74.1. The van der Waals surface area contributed by atoms with Crippen LogP contribution < -0.4 is 9.80 Å². The highest BCUT2D eigenvalue weighted by Crippen LogP contribution is 2.55. The molecule has 0 bridgehead atoms. The molecule has 2 aromatic heterocycles. The highest BCUT2D eigenvalue weighted by molar-refractivity contribution is 6.11. The van der Waals surface area contributed by atoms with Crippen LogP contribution in [0.25, 0.3) is 66.6 Å². The van der Waals surface area contributed by atoms with Crippen molar-refractivity contribution in [3.8, 4) is 34.0 Å². The van der Waals surface area contributed by atoms with Gasteiger partial charge >= 0.3 is 0 Å². The molecule has 0 aliphatic heterocycles. The lowest BCUT2D eigenvalue weighted by Crippen LogP contribution is -2.25. The van der Waals surface area contributed by atoms with Gasteiger partial charge in [-0.05, 0) is 144 Å². The van der Waals surface area contributed by atoms with Gasteiger partial charge in [-0.1, -0.05) is 143 Å². The maximum Gasteiger partial charge on any atom is 0.248 e. The molecule has 2 heterocycles. The molecular formula is C63H53N5O. The summed E-state index contributed by atoms with van der Waals surface area (Å²) in [6.07, 6.45) is 6.97. The fourth-order valence-corrected chi connectivity index (χ4v) is 11.0. The highest BCUT2D eigenvalue weighted by Gasteiger charge is 2.42. The Morgan fingerprint density at radius 1 is 0.435 bits per heavy atom. The Morgan fingerprint density at radius 3 is 1.67 bits per heavy atom. The molecule has 12 rings (SSSR count). The van der Waals surface area contributed by atoms with Gasteiger partial charge in [0.2, 0.25) is 11.8 Å². The SMILES string of the molecule is CCCCC1(CCCC)c2ccccc2-c2ccc(-c3nnc(-c4ccc(N(c5ccccc5)c5ccc6[nH]c7ccc(N(c8ccccc8)c8cccc9ccccc89)cc7c6c5)cc4)o3)cc21. The van der Waals surface area contributed by atoms with E-state index in [0.717, 1.165) is 79.9 Å². The van der Waals surface area contributed by atoms with Gasteiger partial charge in [-0.3, -0.25) is 0 Å². The van der Waals surface area contributed by atoms with Crippen LogP contribution in [0.5, 0.6) is 0 Å². The van der Waals surface area contributed by atoms with Crippen LogP contribution in [0.4, 0.5) is 34.1 Å². The molecule has 6 heteroatoms. The highest BCUT2D eigenvalue weighted by atomic mass is 16.4. The van der Waals surface area contributed by atoms with Crippen LogP contribution in [0.1, 0.15) is 63.5 Å². The Balaban J connectivity index is 0.891. The molecular weight excluding hydrogens is 843 g/mol. The number of hydrogen-bond acceptors (Lipinski definition) is 5. The van der Waals surface area contributed by atoms with E-state index in [9.17, 15) is 0 Å². The summed E-state index contributed by atoms with van der Waals surface area (Å²) in [5.41, 5.74) is 16.0. The number of hydrogen-bond donors (Lipinski definition) is 1. The molecule has 0 amide bonds. The normalized spacial score (nSPS) is 12.7. The van der Waals surface area contributed by atoms with Crippen molar-refractivity contribution < 1.29 is 4.42 Å². The molecule has 1 aliphatic rings. The molecule has 0 fully saturated rings. The smallest absolute Gasteiger partial charge is 0.248 e. The lowest BCUT2D eigenvalue weighted by Gasteiger charge is -2.32. The largest absolute Gasteiger partial charge is 0.416 e. The van der Waals surface area contributed by atoms with Gasteiger partial charge in [0.25, 0.3) is 0 Å². The maximum atomic E-state index is 6.53. The molecule has 0 unspecified atom stereocenters. The van der Waals surface area contributed by atoms with Gasteiger partial charge in [-0.2, -0.15) is 0 Å². The quantitative estimate of drug-likeness (QED) is 0.118. The average Bonchev–Trinajstić information content (AvgIpc) is 4.12. The molecule has 0 saturated heterocycles. The molecule has 11 aromatic rings. The van der Waals surface area contributed by atoms with E-state index in [2.05, 4.69) is 245 Å². The van der Waals surface area contributed by atoms with Crippen LogP contribution in [0.2, 0.25) is 0 Å². The number of fused-ring (bicyclic) bond motifs is 7. The van der Waals surface area contributed by atoms with Gasteiger partial charge < -0.3 is 19.2 Å². The van der Waals surface area contributed by atoms with Crippen LogP contribution in [0, 0.1) is 0 Å². The summed E-state index contributed by atoms with van der Waals surface area (Å²) in [7, 11) is 0. The number of anilines is 6. The van der Waals surface area contributed by atoms with Crippen LogP contribution in [-0.2, 0) is 5.41 Å². The monoisotopic (exact) mass is 895 g/mol. The van der Waals surface area contributed by atoms with Crippen molar-refractivity contribution in [1.82, 2.24) is 15.2 Å². The summed E-state index contributed by atoms with van der Waals surface area (Å²) in [5, 5.41) is 14.0. The first kappa shape index (κ1) is 42.2. The van der Waals surface area contributed by atoms with Crippen molar-refractivity contribution >= 4 is 66.7 Å². The fraction of sp³-hybridized carbons (Fsp3) is 0.143. The molecule has 0 spiro atoms.